The Morgan fingerprint density at radius 1 is 1.26 bits per heavy atom. The summed E-state index contributed by atoms with van der Waals surface area (Å²) in [5.41, 5.74) is 0.442. The average molecular weight is 472 g/mol. The monoisotopic (exact) mass is 471 g/mol. The molecule has 0 aromatic carbocycles. The number of ether oxygens (including phenoxy) is 1. The molecule has 11 heteroatoms. The fourth-order valence-electron chi connectivity index (χ4n) is 4.25. The number of nitrogens with one attached hydrogen (secondary N) is 1. The predicted octanol–water partition coefficient (Wildman–Crippen LogP) is 1.08. The molecule has 2 amide bonds. The van der Waals surface area contributed by atoms with Crippen molar-refractivity contribution in [3.8, 4) is 6.01 Å². The minimum absolute atomic E-state index is 0.113. The van der Waals surface area contributed by atoms with Crippen LogP contribution in [0.4, 0.5) is 0 Å². The van der Waals surface area contributed by atoms with Crippen molar-refractivity contribution in [1.29, 1.82) is 0 Å². The van der Waals surface area contributed by atoms with E-state index in [-0.39, 0.29) is 30.8 Å². The number of β-amino-alcohol motifs (C(OH)–C–C–N with tert-alkyl or cyclic N) is 1. The maximum Gasteiger partial charge on any atom is 0.316 e. The van der Waals surface area contributed by atoms with E-state index in [0.717, 1.165) is 18.5 Å². The zero-order chi connectivity index (χ0) is 24.3. The quantitative estimate of drug-likeness (QED) is 0.519. The molecule has 1 aliphatic heterocycles. The molecule has 0 bridgehead atoms. The Hall–Kier alpha value is -3.08. The number of nitrogens with zero attached hydrogens (tertiary/aromatic N) is 6. The van der Waals surface area contributed by atoms with Gasteiger partial charge < -0.3 is 20.1 Å². The highest BCUT2D eigenvalue weighted by molar-refractivity contribution is 5.90. The summed E-state index contributed by atoms with van der Waals surface area (Å²) in [4.78, 5) is 36.1. The van der Waals surface area contributed by atoms with Crippen LogP contribution in [-0.2, 0) is 9.59 Å². The molecule has 0 unspecified atom stereocenters. The average Bonchev–Trinajstić information content (AvgIpc) is 3.40. The molecule has 1 aliphatic carbocycles. The summed E-state index contributed by atoms with van der Waals surface area (Å²) in [5, 5.41) is 21.7. The van der Waals surface area contributed by atoms with Crippen LogP contribution in [0.2, 0.25) is 0 Å². The lowest BCUT2D eigenvalue weighted by atomic mass is 9.85. The van der Waals surface area contributed by atoms with Crippen molar-refractivity contribution in [1.82, 2.24) is 35.2 Å². The lowest BCUT2D eigenvalue weighted by molar-refractivity contribution is -0.144. The highest BCUT2D eigenvalue weighted by Crippen LogP contribution is 2.40. The van der Waals surface area contributed by atoms with Gasteiger partial charge in [-0.25, -0.2) is 14.6 Å². The first-order valence-corrected chi connectivity index (χ1v) is 11.8. The molecule has 1 saturated carbocycles. The van der Waals surface area contributed by atoms with E-state index >= 15 is 0 Å². The van der Waals surface area contributed by atoms with E-state index in [1.807, 2.05) is 27.0 Å². The molecule has 2 aliphatic rings. The summed E-state index contributed by atoms with van der Waals surface area (Å²) >= 11 is 0. The minimum atomic E-state index is -0.753. The third-order valence-corrected chi connectivity index (χ3v) is 6.10. The number of hydrogen-bond acceptors (Lipinski definition) is 8. The van der Waals surface area contributed by atoms with E-state index in [1.54, 1.807) is 23.1 Å². The Balaban J connectivity index is 1.37. The van der Waals surface area contributed by atoms with Gasteiger partial charge >= 0.3 is 6.01 Å². The van der Waals surface area contributed by atoms with Crippen LogP contribution in [0.5, 0.6) is 6.01 Å². The molecule has 2 N–H and O–H groups in total. The van der Waals surface area contributed by atoms with Crippen molar-refractivity contribution in [3.63, 3.8) is 0 Å². The van der Waals surface area contributed by atoms with Crippen LogP contribution in [0, 0.1) is 5.41 Å². The second-order valence-corrected chi connectivity index (χ2v) is 10.1. The van der Waals surface area contributed by atoms with Crippen molar-refractivity contribution in [2.45, 2.75) is 70.6 Å². The molecule has 2 aromatic rings. The first-order valence-electron chi connectivity index (χ1n) is 11.8. The van der Waals surface area contributed by atoms with Gasteiger partial charge in [0.15, 0.2) is 0 Å². The van der Waals surface area contributed by atoms with Crippen molar-refractivity contribution >= 4 is 11.8 Å². The van der Waals surface area contributed by atoms with Crippen LogP contribution in [0.1, 0.15) is 64.1 Å². The number of aromatic nitrogens is 5. The second-order valence-electron chi connectivity index (χ2n) is 10.1. The SMILES string of the molecule is CC(C)(C)[C@@H](C(=O)N1C[C@H](O)C[C@H]1C(=O)NCCCOc1ncccn1)n1cc(C2CC2)nn1. The standard InChI is InChI=1S/C23H33N7O4/c1-23(2,3)19(30-14-17(27-28-30)15-6-7-15)21(33)29-13-16(31)12-18(29)20(32)24-10-5-11-34-22-25-8-4-9-26-22/h4,8-9,14-16,18-19,31H,5-7,10-13H2,1-3H3,(H,24,32)/t16-,18+,19-/m1/s1. The van der Waals surface area contributed by atoms with Gasteiger partial charge in [0.2, 0.25) is 11.8 Å². The number of rotatable bonds is 9. The Morgan fingerprint density at radius 3 is 2.68 bits per heavy atom. The predicted molar refractivity (Wildman–Crippen MR) is 122 cm³/mol. The number of amides is 2. The zero-order valence-electron chi connectivity index (χ0n) is 19.9. The van der Waals surface area contributed by atoms with E-state index in [0.29, 0.717) is 25.5 Å². The summed E-state index contributed by atoms with van der Waals surface area (Å²) < 4.78 is 7.06. The molecule has 34 heavy (non-hydrogen) atoms. The number of likely N-dealkylation sites (tertiary alicyclic amines) is 1. The van der Waals surface area contributed by atoms with Crippen molar-refractivity contribution < 1.29 is 19.4 Å². The van der Waals surface area contributed by atoms with E-state index in [2.05, 4.69) is 25.6 Å². The molecule has 184 valence electrons. The molecule has 3 atom stereocenters. The van der Waals surface area contributed by atoms with Gasteiger partial charge in [-0.2, -0.15) is 0 Å². The van der Waals surface area contributed by atoms with E-state index in [9.17, 15) is 14.7 Å². The molecule has 0 spiro atoms. The van der Waals surface area contributed by atoms with Gasteiger partial charge in [0.25, 0.3) is 0 Å². The van der Waals surface area contributed by atoms with Crippen LogP contribution < -0.4 is 10.1 Å². The van der Waals surface area contributed by atoms with Gasteiger partial charge in [-0.05, 0) is 30.7 Å². The van der Waals surface area contributed by atoms with Crippen LogP contribution >= 0.6 is 0 Å². The Kier molecular flexibility index (Phi) is 7.11. The smallest absolute Gasteiger partial charge is 0.316 e. The maximum atomic E-state index is 13.7. The van der Waals surface area contributed by atoms with E-state index < -0.39 is 23.6 Å². The topological polar surface area (TPSA) is 135 Å². The molecule has 2 fully saturated rings. The van der Waals surface area contributed by atoms with Crippen molar-refractivity contribution in [3.05, 3.63) is 30.4 Å². The van der Waals surface area contributed by atoms with Crippen LogP contribution in [0.25, 0.3) is 0 Å². The summed E-state index contributed by atoms with van der Waals surface area (Å²) in [6, 6.07) is 0.621. The van der Waals surface area contributed by atoms with Crippen LogP contribution in [0.15, 0.2) is 24.7 Å². The molecule has 3 heterocycles. The van der Waals surface area contributed by atoms with Gasteiger partial charge in [0.1, 0.15) is 12.1 Å². The lowest BCUT2D eigenvalue weighted by Gasteiger charge is -2.34. The highest BCUT2D eigenvalue weighted by atomic mass is 16.5. The highest BCUT2D eigenvalue weighted by Gasteiger charge is 2.45. The Bertz CT molecular complexity index is 987. The zero-order valence-corrected chi connectivity index (χ0v) is 19.9. The third-order valence-electron chi connectivity index (χ3n) is 6.10. The molecule has 2 aromatic heterocycles. The number of carbonyl (C=O) groups excluding carboxylic acids is 2. The van der Waals surface area contributed by atoms with Crippen molar-refractivity contribution in [2.75, 3.05) is 19.7 Å². The van der Waals surface area contributed by atoms with Gasteiger partial charge in [-0.1, -0.05) is 26.0 Å². The minimum Gasteiger partial charge on any atom is -0.463 e. The Morgan fingerprint density at radius 2 is 2.00 bits per heavy atom. The number of aliphatic hydroxyl groups is 1. The molecule has 11 nitrogen and oxygen atoms in total. The molecular weight excluding hydrogens is 438 g/mol. The first-order chi connectivity index (χ1) is 16.2. The molecule has 0 radical (unpaired) electrons. The maximum absolute atomic E-state index is 13.7. The lowest BCUT2D eigenvalue weighted by Crippen LogP contribution is -2.50. The van der Waals surface area contributed by atoms with Gasteiger partial charge in [0, 0.05) is 44.0 Å². The molecular formula is C23H33N7O4. The van der Waals surface area contributed by atoms with E-state index in [4.69, 9.17) is 4.74 Å². The molecule has 4 rings (SSSR count). The van der Waals surface area contributed by atoms with Crippen molar-refractivity contribution in [2.24, 2.45) is 5.41 Å². The summed E-state index contributed by atoms with van der Waals surface area (Å²) in [6.45, 7) is 6.73. The normalized spacial score (nSPS) is 21.4. The fourth-order valence-corrected chi connectivity index (χ4v) is 4.25. The van der Waals surface area contributed by atoms with Gasteiger partial charge in [-0.3, -0.25) is 9.59 Å². The van der Waals surface area contributed by atoms with E-state index in [1.165, 1.54) is 4.90 Å². The Labute approximate surface area is 198 Å². The molecule has 1 saturated heterocycles. The fraction of sp³-hybridized carbons (Fsp3) is 0.652. The van der Waals surface area contributed by atoms with Crippen LogP contribution in [-0.4, -0.2) is 78.6 Å². The third kappa shape index (κ3) is 5.69. The summed E-state index contributed by atoms with van der Waals surface area (Å²) in [5.74, 6) is -0.0965. The largest absolute Gasteiger partial charge is 0.463 e. The summed E-state index contributed by atoms with van der Waals surface area (Å²) in [6.07, 6.45) is 7.23. The number of aliphatic hydroxyl groups excluding tert-OH is 1. The van der Waals surface area contributed by atoms with Gasteiger partial charge in [0.05, 0.1) is 18.4 Å². The number of carbonyl (C=O) groups is 2. The van der Waals surface area contributed by atoms with Gasteiger partial charge in [-0.15, -0.1) is 5.10 Å². The second kappa shape index (κ2) is 10.0. The summed E-state index contributed by atoms with van der Waals surface area (Å²) in [7, 11) is 0. The first kappa shape index (κ1) is 24.1. The number of hydrogen-bond donors (Lipinski definition) is 2. The van der Waals surface area contributed by atoms with Crippen LogP contribution in [0.3, 0.4) is 0 Å².